The third-order valence-corrected chi connectivity index (χ3v) is 5.95. The molecule has 1 aromatic heterocycles. The number of rotatable bonds is 7. The standard InChI is InChI=1S/C26H20Cl2FNO3/c1-2-3-13-33-26(32)16-11-12-23(21(29)14-16)30-15-18(17-7-4-5-10-22(17)30)25(31)24-19(27)8-6-9-20(24)28/h4-12,14-15H,2-3,13H2,1H3. The van der Waals surface area contributed by atoms with Gasteiger partial charge in [0, 0.05) is 17.1 Å². The Morgan fingerprint density at radius 2 is 1.73 bits per heavy atom. The van der Waals surface area contributed by atoms with E-state index in [1.165, 1.54) is 12.1 Å². The summed E-state index contributed by atoms with van der Waals surface area (Å²) in [5, 5.41) is 1.10. The lowest BCUT2D eigenvalue weighted by Gasteiger charge is -2.09. The van der Waals surface area contributed by atoms with E-state index < -0.39 is 11.8 Å². The Labute approximate surface area is 200 Å². The lowest BCUT2D eigenvalue weighted by Crippen LogP contribution is -2.08. The number of hydrogen-bond donors (Lipinski definition) is 0. The maximum absolute atomic E-state index is 15.1. The first-order chi connectivity index (χ1) is 15.9. The first-order valence-electron chi connectivity index (χ1n) is 10.5. The van der Waals surface area contributed by atoms with Crippen molar-refractivity contribution < 1.29 is 18.7 Å². The number of carbonyl (C=O) groups excluding carboxylic acids is 2. The predicted molar refractivity (Wildman–Crippen MR) is 128 cm³/mol. The second kappa shape index (κ2) is 9.77. The molecule has 0 saturated carbocycles. The van der Waals surface area contributed by atoms with E-state index in [-0.39, 0.29) is 39.2 Å². The van der Waals surface area contributed by atoms with E-state index in [1.54, 1.807) is 53.2 Å². The van der Waals surface area contributed by atoms with Gasteiger partial charge in [-0.3, -0.25) is 4.79 Å². The van der Waals surface area contributed by atoms with Gasteiger partial charge in [-0.05, 0) is 42.8 Å². The highest BCUT2D eigenvalue weighted by Gasteiger charge is 2.22. The maximum Gasteiger partial charge on any atom is 0.338 e. The van der Waals surface area contributed by atoms with E-state index in [2.05, 4.69) is 0 Å². The van der Waals surface area contributed by atoms with Crippen LogP contribution < -0.4 is 0 Å². The van der Waals surface area contributed by atoms with Crippen molar-refractivity contribution in [2.24, 2.45) is 0 Å². The molecule has 0 radical (unpaired) electrons. The van der Waals surface area contributed by atoms with Crippen LogP contribution in [-0.4, -0.2) is 22.9 Å². The second-order valence-electron chi connectivity index (χ2n) is 7.51. The van der Waals surface area contributed by atoms with E-state index in [0.29, 0.717) is 16.5 Å². The van der Waals surface area contributed by atoms with Crippen molar-refractivity contribution in [3.63, 3.8) is 0 Å². The molecule has 4 nitrogen and oxygen atoms in total. The largest absolute Gasteiger partial charge is 0.462 e. The molecule has 4 aromatic rings. The highest BCUT2D eigenvalue weighted by atomic mass is 35.5. The first kappa shape index (κ1) is 23.0. The number of hydrogen-bond acceptors (Lipinski definition) is 3. The van der Waals surface area contributed by atoms with E-state index in [9.17, 15) is 9.59 Å². The van der Waals surface area contributed by atoms with Gasteiger partial charge in [-0.1, -0.05) is 60.8 Å². The molecule has 0 aliphatic rings. The molecule has 168 valence electrons. The van der Waals surface area contributed by atoms with Gasteiger partial charge in [0.05, 0.1) is 39.0 Å². The summed E-state index contributed by atoms with van der Waals surface area (Å²) >= 11 is 12.5. The lowest BCUT2D eigenvalue weighted by molar-refractivity contribution is 0.0499. The second-order valence-corrected chi connectivity index (χ2v) is 8.33. The van der Waals surface area contributed by atoms with Crippen LogP contribution in [0.25, 0.3) is 16.6 Å². The molecule has 1 heterocycles. The molecule has 0 unspecified atom stereocenters. The lowest BCUT2D eigenvalue weighted by atomic mass is 10.0. The molecule has 7 heteroatoms. The number of fused-ring (bicyclic) bond motifs is 1. The van der Waals surface area contributed by atoms with Crippen molar-refractivity contribution >= 4 is 45.9 Å². The number of unbranched alkanes of at least 4 members (excludes halogenated alkanes) is 1. The van der Waals surface area contributed by atoms with Gasteiger partial charge in [0.15, 0.2) is 5.78 Å². The molecule has 3 aromatic carbocycles. The number of esters is 1. The highest BCUT2D eigenvalue weighted by Crippen LogP contribution is 2.32. The van der Waals surface area contributed by atoms with Gasteiger partial charge in [-0.15, -0.1) is 0 Å². The Kier molecular flexibility index (Phi) is 6.82. The van der Waals surface area contributed by atoms with Crippen LogP contribution >= 0.6 is 23.2 Å². The molecule has 0 spiro atoms. The predicted octanol–water partition coefficient (Wildman–Crippen LogP) is 7.26. The Morgan fingerprint density at radius 3 is 2.42 bits per heavy atom. The van der Waals surface area contributed by atoms with Crippen molar-refractivity contribution in [1.82, 2.24) is 4.57 Å². The number of para-hydroxylation sites is 1. The number of ketones is 1. The van der Waals surface area contributed by atoms with Gasteiger partial charge in [-0.2, -0.15) is 0 Å². The summed E-state index contributed by atoms with van der Waals surface area (Å²) in [4.78, 5) is 25.5. The SMILES string of the molecule is CCCCOC(=O)c1ccc(-n2cc(C(=O)c3c(Cl)cccc3Cl)c3ccccc32)c(F)c1. The Hall–Kier alpha value is -3.15. The van der Waals surface area contributed by atoms with Crippen LogP contribution in [0, 0.1) is 5.82 Å². The van der Waals surface area contributed by atoms with E-state index in [1.807, 2.05) is 6.92 Å². The summed E-state index contributed by atoms with van der Waals surface area (Å²) in [6.45, 7) is 2.28. The Morgan fingerprint density at radius 1 is 1.00 bits per heavy atom. The molecular formula is C26H20Cl2FNO3. The minimum absolute atomic E-state index is 0.128. The average molecular weight is 484 g/mol. The molecule has 0 fully saturated rings. The summed E-state index contributed by atoms with van der Waals surface area (Å²) in [6, 6.07) is 16.2. The van der Waals surface area contributed by atoms with Crippen molar-refractivity contribution in [1.29, 1.82) is 0 Å². The van der Waals surface area contributed by atoms with Crippen LogP contribution in [0.1, 0.15) is 46.0 Å². The summed E-state index contributed by atoms with van der Waals surface area (Å²) in [7, 11) is 0. The molecule has 0 aliphatic heterocycles. The Bertz CT molecular complexity index is 1340. The minimum Gasteiger partial charge on any atom is -0.462 e. The molecule has 0 amide bonds. The number of benzene rings is 3. The summed E-state index contributed by atoms with van der Waals surface area (Å²) < 4.78 is 21.9. The molecule has 33 heavy (non-hydrogen) atoms. The molecule has 4 rings (SSSR count). The normalized spacial score (nSPS) is 11.0. The Balaban J connectivity index is 1.77. The molecule has 0 saturated heterocycles. The van der Waals surface area contributed by atoms with Gasteiger partial charge in [-0.25, -0.2) is 9.18 Å². The zero-order chi connectivity index (χ0) is 23.5. The number of carbonyl (C=O) groups is 2. The fourth-order valence-corrected chi connectivity index (χ4v) is 4.20. The van der Waals surface area contributed by atoms with Crippen molar-refractivity contribution in [2.45, 2.75) is 19.8 Å². The number of aromatic nitrogens is 1. The fraction of sp³-hybridized carbons (Fsp3) is 0.154. The molecular weight excluding hydrogens is 464 g/mol. The fourth-order valence-electron chi connectivity index (χ4n) is 3.63. The van der Waals surface area contributed by atoms with E-state index in [0.717, 1.165) is 18.9 Å². The van der Waals surface area contributed by atoms with Gasteiger partial charge in [0.25, 0.3) is 0 Å². The van der Waals surface area contributed by atoms with Crippen LogP contribution in [0.2, 0.25) is 10.0 Å². The van der Waals surface area contributed by atoms with Crippen LogP contribution in [-0.2, 0) is 4.74 Å². The zero-order valence-corrected chi connectivity index (χ0v) is 19.3. The quantitative estimate of drug-likeness (QED) is 0.158. The number of halogens is 3. The third-order valence-electron chi connectivity index (χ3n) is 5.32. The van der Waals surface area contributed by atoms with Crippen molar-refractivity contribution in [2.75, 3.05) is 6.61 Å². The topological polar surface area (TPSA) is 48.3 Å². The third kappa shape index (κ3) is 4.52. The summed E-state index contributed by atoms with van der Waals surface area (Å²) in [5.41, 5.74) is 1.47. The van der Waals surface area contributed by atoms with Gasteiger partial charge < -0.3 is 9.30 Å². The van der Waals surface area contributed by atoms with Crippen LogP contribution in [0.5, 0.6) is 0 Å². The van der Waals surface area contributed by atoms with Gasteiger partial charge in [0.1, 0.15) is 5.82 Å². The molecule has 0 aliphatic carbocycles. The number of ether oxygens (including phenoxy) is 1. The van der Waals surface area contributed by atoms with Crippen molar-refractivity contribution in [3.8, 4) is 5.69 Å². The number of nitrogens with zero attached hydrogens (tertiary/aromatic N) is 1. The summed E-state index contributed by atoms with van der Waals surface area (Å²) in [6.07, 6.45) is 3.19. The first-order valence-corrected chi connectivity index (χ1v) is 11.2. The molecule has 0 atom stereocenters. The summed E-state index contributed by atoms with van der Waals surface area (Å²) in [5.74, 6) is -1.55. The van der Waals surface area contributed by atoms with Crippen LogP contribution in [0.4, 0.5) is 4.39 Å². The van der Waals surface area contributed by atoms with Crippen molar-refractivity contribution in [3.05, 3.63) is 99.4 Å². The zero-order valence-electron chi connectivity index (χ0n) is 17.8. The van der Waals surface area contributed by atoms with Gasteiger partial charge >= 0.3 is 5.97 Å². The monoisotopic (exact) mass is 483 g/mol. The maximum atomic E-state index is 15.1. The van der Waals surface area contributed by atoms with Crippen LogP contribution in [0.15, 0.2) is 66.9 Å². The van der Waals surface area contributed by atoms with E-state index in [4.69, 9.17) is 27.9 Å². The highest BCUT2D eigenvalue weighted by molar-refractivity contribution is 6.41. The average Bonchev–Trinajstić information content (AvgIpc) is 3.18. The minimum atomic E-state index is -0.615. The van der Waals surface area contributed by atoms with E-state index >= 15 is 4.39 Å². The molecule has 0 N–H and O–H groups in total. The smallest absolute Gasteiger partial charge is 0.338 e. The van der Waals surface area contributed by atoms with Gasteiger partial charge in [0.2, 0.25) is 0 Å². The van der Waals surface area contributed by atoms with Crippen LogP contribution in [0.3, 0.4) is 0 Å². The molecule has 0 bridgehead atoms.